The number of aryl methyl sites for hydroxylation is 1. The Morgan fingerprint density at radius 2 is 2.14 bits per heavy atom. The monoisotopic (exact) mass is 440 g/mol. The van der Waals surface area contributed by atoms with Gasteiger partial charge in [0.2, 0.25) is 0 Å². The normalized spacial score (nSPS) is 15.8. The van der Waals surface area contributed by atoms with E-state index in [1.165, 1.54) is 6.07 Å². The highest BCUT2D eigenvalue weighted by atomic mass is 79.9. The van der Waals surface area contributed by atoms with Gasteiger partial charge in [-0.05, 0) is 48.7 Å². The summed E-state index contributed by atoms with van der Waals surface area (Å²) in [6.45, 7) is 3.78. The van der Waals surface area contributed by atoms with Crippen LogP contribution in [0.25, 0.3) is 10.9 Å². The molecular formula is C21H18BrFN4O. The Kier molecular flexibility index (Phi) is 4.47. The number of fused-ring (bicyclic) bond motifs is 1. The highest BCUT2D eigenvalue weighted by Crippen LogP contribution is 2.42. The molecule has 0 saturated heterocycles. The summed E-state index contributed by atoms with van der Waals surface area (Å²) in [4.78, 5) is 21.4. The number of rotatable bonds is 4. The van der Waals surface area contributed by atoms with Crippen LogP contribution >= 0.6 is 15.9 Å². The summed E-state index contributed by atoms with van der Waals surface area (Å²) in [6.07, 6.45) is 9.37. The third-order valence-electron chi connectivity index (χ3n) is 5.14. The van der Waals surface area contributed by atoms with E-state index in [1.54, 1.807) is 35.9 Å². The van der Waals surface area contributed by atoms with Gasteiger partial charge in [0, 0.05) is 23.4 Å². The van der Waals surface area contributed by atoms with E-state index in [4.69, 9.17) is 6.42 Å². The maximum Gasteiger partial charge on any atom is 0.253 e. The summed E-state index contributed by atoms with van der Waals surface area (Å²) in [5, 5.41) is 3.83. The van der Waals surface area contributed by atoms with Gasteiger partial charge in [0.05, 0.1) is 15.4 Å². The lowest BCUT2D eigenvalue weighted by molar-refractivity contribution is 0.516. The van der Waals surface area contributed by atoms with Gasteiger partial charge in [-0.1, -0.05) is 18.1 Å². The molecule has 0 unspecified atom stereocenters. The average molecular weight is 441 g/mol. The van der Waals surface area contributed by atoms with Gasteiger partial charge in [-0.3, -0.25) is 4.79 Å². The minimum atomic E-state index is -0.730. The SMILES string of the molecule is C#C[C@@H](Nc1nc(C)nc2cc(=O)n(C3(C)CC3)cc12)c1cccc(Br)c1F. The molecule has 2 aromatic heterocycles. The van der Waals surface area contributed by atoms with Crippen LogP contribution in [0, 0.1) is 25.1 Å². The molecule has 4 rings (SSSR count). The maximum atomic E-state index is 14.6. The molecule has 0 aliphatic heterocycles. The lowest BCUT2D eigenvalue weighted by atomic mass is 10.1. The van der Waals surface area contributed by atoms with Crippen molar-refractivity contribution in [3.8, 4) is 12.3 Å². The van der Waals surface area contributed by atoms with Crippen molar-refractivity contribution in [1.29, 1.82) is 0 Å². The third kappa shape index (κ3) is 3.18. The molecule has 1 fully saturated rings. The Hall–Kier alpha value is -2.72. The van der Waals surface area contributed by atoms with Gasteiger partial charge in [0.1, 0.15) is 23.5 Å². The Labute approximate surface area is 170 Å². The van der Waals surface area contributed by atoms with E-state index < -0.39 is 11.9 Å². The Balaban J connectivity index is 1.84. The average Bonchev–Trinajstić information content (AvgIpc) is 3.39. The van der Waals surface area contributed by atoms with Crippen LogP contribution in [0.2, 0.25) is 0 Å². The van der Waals surface area contributed by atoms with Gasteiger partial charge < -0.3 is 9.88 Å². The molecular weight excluding hydrogens is 423 g/mol. The molecule has 0 bridgehead atoms. The van der Waals surface area contributed by atoms with E-state index >= 15 is 0 Å². The molecule has 0 spiro atoms. The topological polar surface area (TPSA) is 59.8 Å². The number of terminal acetylenes is 1. The van der Waals surface area contributed by atoms with Crippen LogP contribution < -0.4 is 10.9 Å². The molecule has 7 heteroatoms. The zero-order valence-electron chi connectivity index (χ0n) is 15.5. The number of anilines is 1. The quantitative estimate of drug-likeness (QED) is 0.614. The molecule has 0 radical (unpaired) electrons. The molecule has 1 atom stereocenters. The summed E-state index contributed by atoms with van der Waals surface area (Å²) in [6, 6.07) is 5.76. The number of pyridine rings is 1. The van der Waals surface area contributed by atoms with Gasteiger partial charge in [0.15, 0.2) is 0 Å². The maximum absolute atomic E-state index is 14.6. The zero-order chi connectivity index (χ0) is 20.1. The summed E-state index contributed by atoms with van der Waals surface area (Å²) in [5.41, 5.74) is 0.604. The van der Waals surface area contributed by atoms with Crippen LogP contribution in [0.15, 0.2) is 39.7 Å². The number of aromatic nitrogens is 3. The lowest BCUT2D eigenvalue weighted by Gasteiger charge is -2.19. The fourth-order valence-corrected chi connectivity index (χ4v) is 3.64. The van der Waals surface area contributed by atoms with Crippen molar-refractivity contribution in [2.24, 2.45) is 0 Å². The summed E-state index contributed by atoms with van der Waals surface area (Å²) in [7, 11) is 0. The predicted molar refractivity (Wildman–Crippen MR) is 111 cm³/mol. The fourth-order valence-electron chi connectivity index (χ4n) is 3.26. The molecule has 1 aliphatic rings. The second kappa shape index (κ2) is 6.71. The Morgan fingerprint density at radius 1 is 1.39 bits per heavy atom. The van der Waals surface area contributed by atoms with Crippen LogP contribution in [-0.4, -0.2) is 14.5 Å². The van der Waals surface area contributed by atoms with Gasteiger partial charge >= 0.3 is 0 Å². The van der Waals surface area contributed by atoms with E-state index in [0.29, 0.717) is 32.6 Å². The van der Waals surface area contributed by atoms with E-state index in [9.17, 15) is 9.18 Å². The van der Waals surface area contributed by atoms with E-state index in [-0.39, 0.29) is 11.1 Å². The predicted octanol–water partition coefficient (Wildman–Crippen LogP) is 4.30. The molecule has 1 saturated carbocycles. The van der Waals surface area contributed by atoms with Crippen molar-refractivity contribution in [3.63, 3.8) is 0 Å². The summed E-state index contributed by atoms with van der Waals surface area (Å²) in [5.74, 6) is 3.14. The smallest absolute Gasteiger partial charge is 0.253 e. The molecule has 1 aliphatic carbocycles. The van der Waals surface area contributed by atoms with E-state index in [0.717, 1.165) is 12.8 Å². The minimum Gasteiger partial charge on any atom is -0.352 e. The van der Waals surface area contributed by atoms with Crippen molar-refractivity contribution < 1.29 is 4.39 Å². The minimum absolute atomic E-state index is 0.0944. The van der Waals surface area contributed by atoms with Crippen LogP contribution in [0.5, 0.6) is 0 Å². The van der Waals surface area contributed by atoms with E-state index in [2.05, 4.69) is 37.1 Å². The van der Waals surface area contributed by atoms with Crippen LogP contribution in [0.1, 0.15) is 37.2 Å². The number of nitrogens with zero attached hydrogens (tertiary/aromatic N) is 3. The van der Waals surface area contributed by atoms with Crippen LogP contribution in [0.3, 0.4) is 0 Å². The lowest BCUT2D eigenvalue weighted by Crippen LogP contribution is -2.27. The van der Waals surface area contributed by atoms with Crippen molar-refractivity contribution >= 4 is 32.7 Å². The van der Waals surface area contributed by atoms with Gasteiger partial charge in [-0.15, -0.1) is 6.42 Å². The molecule has 2 heterocycles. The number of hydrogen-bond acceptors (Lipinski definition) is 4. The second-order valence-electron chi connectivity index (χ2n) is 7.28. The summed E-state index contributed by atoms with van der Waals surface area (Å²) >= 11 is 3.19. The van der Waals surface area contributed by atoms with Crippen molar-refractivity contribution in [2.75, 3.05) is 5.32 Å². The number of halogens is 2. The summed E-state index contributed by atoms with van der Waals surface area (Å²) < 4.78 is 16.6. The Morgan fingerprint density at radius 3 is 2.82 bits per heavy atom. The van der Waals surface area contributed by atoms with E-state index in [1.807, 2.05) is 6.92 Å². The molecule has 28 heavy (non-hydrogen) atoms. The molecule has 3 aromatic rings. The standard InChI is InChI=1S/C21H18BrFN4O/c1-4-16(13-6-5-7-15(22)19(13)23)26-20-14-11-27(21(3)8-9-21)18(28)10-17(14)24-12(2)25-20/h1,5-7,10-11,16H,8-9H2,2-3H3,(H,24,25,26)/t16-/m1/s1. The first-order chi connectivity index (χ1) is 13.3. The third-order valence-corrected chi connectivity index (χ3v) is 5.75. The number of hydrogen-bond donors (Lipinski definition) is 1. The first-order valence-corrected chi connectivity index (χ1v) is 9.70. The number of benzene rings is 1. The van der Waals surface area contributed by atoms with Crippen molar-refractivity contribution in [1.82, 2.24) is 14.5 Å². The first kappa shape index (κ1) is 18.6. The molecule has 1 aromatic carbocycles. The molecule has 5 nitrogen and oxygen atoms in total. The molecule has 142 valence electrons. The molecule has 1 N–H and O–H groups in total. The van der Waals surface area contributed by atoms with Crippen molar-refractivity contribution in [2.45, 2.75) is 38.3 Å². The largest absolute Gasteiger partial charge is 0.352 e. The zero-order valence-corrected chi connectivity index (χ0v) is 17.0. The van der Waals surface area contributed by atoms with Gasteiger partial charge in [-0.25, -0.2) is 14.4 Å². The van der Waals surface area contributed by atoms with Crippen LogP contribution in [0.4, 0.5) is 10.2 Å². The molecule has 0 amide bonds. The number of nitrogens with one attached hydrogen (secondary N) is 1. The van der Waals surface area contributed by atoms with Gasteiger partial charge in [-0.2, -0.15) is 0 Å². The highest BCUT2D eigenvalue weighted by molar-refractivity contribution is 9.10. The highest BCUT2D eigenvalue weighted by Gasteiger charge is 2.40. The first-order valence-electron chi connectivity index (χ1n) is 8.90. The Bertz CT molecular complexity index is 1190. The van der Waals surface area contributed by atoms with Crippen LogP contribution in [-0.2, 0) is 5.54 Å². The second-order valence-corrected chi connectivity index (χ2v) is 8.14. The van der Waals surface area contributed by atoms with Crippen molar-refractivity contribution in [3.05, 3.63) is 62.5 Å². The van der Waals surface area contributed by atoms with Gasteiger partial charge in [0.25, 0.3) is 5.56 Å². The fraction of sp³-hybridized carbons (Fsp3) is 0.286.